The van der Waals surface area contributed by atoms with Gasteiger partial charge in [0.05, 0.1) is 13.2 Å². The predicted octanol–water partition coefficient (Wildman–Crippen LogP) is 4.10. The summed E-state index contributed by atoms with van der Waals surface area (Å²) in [5, 5.41) is 2.92. The summed E-state index contributed by atoms with van der Waals surface area (Å²) in [6.07, 6.45) is 1.32. The second-order valence-electron chi connectivity index (χ2n) is 6.00. The SMILES string of the molecule is CCc1ccc(C(=O)CCC(=O)NC(C)c2ccccc2OC)cc1. The van der Waals surface area contributed by atoms with Crippen LogP contribution in [0.2, 0.25) is 0 Å². The molecule has 0 bridgehead atoms. The number of para-hydroxylation sites is 1. The van der Waals surface area contributed by atoms with Gasteiger partial charge in [-0.25, -0.2) is 0 Å². The average molecular weight is 339 g/mol. The molecule has 25 heavy (non-hydrogen) atoms. The number of carbonyl (C=O) groups is 2. The fourth-order valence-corrected chi connectivity index (χ4v) is 2.71. The molecule has 0 spiro atoms. The third kappa shape index (κ3) is 5.18. The van der Waals surface area contributed by atoms with Gasteiger partial charge >= 0.3 is 0 Å². The molecule has 0 aliphatic rings. The first-order valence-electron chi connectivity index (χ1n) is 8.59. The van der Waals surface area contributed by atoms with Crippen LogP contribution < -0.4 is 10.1 Å². The summed E-state index contributed by atoms with van der Waals surface area (Å²) in [6.45, 7) is 3.98. The lowest BCUT2D eigenvalue weighted by atomic mass is 10.0. The van der Waals surface area contributed by atoms with E-state index < -0.39 is 0 Å². The fraction of sp³-hybridized carbons (Fsp3) is 0.333. The Kier molecular flexibility index (Phi) is 6.75. The van der Waals surface area contributed by atoms with E-state index in [2.05, 4.69) is 12.2 Å². The minimum atomic E-state index is -0.178. The third-order valence-corrected chi connectivity index (χ3v) is 4.25. The number of benzene rings is 2. The highest BCUT2D eigenvalue weighted by Crippen LogP contribution is 2.24. The number of aryl methyl sites for hydroxylation is 1. The van der Waals surface area contributed by atoms with Crippen LogP contribution >= 0.6 is 0 Å². The second-order valence-corrected chi connectivity index (χ2v) is 6.00. The van der Waals surface area contributed by atoms with Crippen LogP contribution in [0.4, 0.5) is 0 Å². The Morgan fingerprint density at radius 2 is 1.72 bits per heavy atom. The fourth-order valence-electron chi connectivity index (χ4n) is 2.71. The molecule has 2 aromatic rings. The summed E-state index contributed by atoms with van der Waals surface area (Å²) in [4.78, 5) is 24.4. The summed E-state index contributed by atoms with van der Waals surface area (Å²) in [7, 11) is 1.61. The Bertz CT molecular complexity index is 722. The van der Waals surface area contributed by atoms with Gasteiger partial charge in [0.2, 0.25) is 5.91 Å². The van der Waals surface area contributed by atoms with Gasteiger partial charge in [0, 0.05) is 24.0 Å². The lowest BCUT2D eigenvalue weighted by Gasteiger charge is -2.17. The first-order valence-corrected chi connectivity index (χ1v) is 8.59. The van der Waals surface area contributed by atoms with Crippen LogP contribution in [0.25, 0.3) is 0 Å². The van der Waals surface area contributed by atoms with Crippen LogP contribution in [0.15, 0.2) is 48.5 Å². The van der Waals surface area contributed by atoms with E-state index >= 15 is 0 Å². The number of hydrogen-bond donors (Lipinski definition) is 1. The quantitative estimate of drug-likeness (QED) is 0.737. The van der Waals surface area contributed by atoms with Crippen LogP contribution in [-0.2, 0) is 11.2 Å². The number of ketones is 1. The monoisotopic (exact) mass is 339 g/mol. The number of hydrogen-bond acceptors (Lipinski definition) is 3. The van der Waals surface area contributed by atoms with E-state index in [1.54, 1.807) is 7.11 Å². The molecule has 1 amide bonds. The summed E-state index contributed by atoms with van der Waals surface area (Å²) in [5.41, 5.74) is 2.77. The number of Topliss-reactive ketones (excluding diaryl/α,β-unsaturated/α-hetero) is 1. The number of methoxy groups -OCH3 is 1. The van der Waals surface area contributed by atoms with Crippen molar-refractivity contribution in [2.45, 2.75) is 39.2 Å². The van der Waals surface area contributed by atoms with E-state index in [9.17, 15) is 9.59 Å². The molecular weight excluding hydrogens is 314 g/mol. The molecule has 0 saturated heterocycles. The van der Waals surface area contributed by atoms with E-state index in [4.69, 9.17) is 4.74 Å². The maximum atomic E-state index is 12.2. The average Bonchev–Trinajstić information content (AvgIpc) is 2.66. The van der Waals surface area contributed by atoms with Crippen molar-refractivity contribution in [3.05, 3.63) is 65.2 Å². The Balaban J connectivity index is 1.88. The molecule has 0 radical (unpaired) electrons. The second kappa shape index (κ2) is 9.02. The summed E-state index contributed by atoms with van der Waals surface area (Å²) >= 11 is 0. The van der Waals surface area contributed by atoms with E-state index in [1.807, 2.05) is 55.5 Å². The summed E-state index contributed by atoms with van der Waals surface area (Å²) in [5.74, 6) is 0.585. The highest BCUT2D eigenvalue weighted by molar-refractivity contribution is 5.98. The largest absolute Gasteiger partial charge is 0.496 e. The van der Waals surface area contributed by atoms with Gasteiger partial charge in [0.25, 0.3) is 0 Å². The van der Waals surface area contributed by atoms with Gasteiger partial charge in [-0.2, -0.15) is 0 Å². The van der Waals surface area contributed by atoms with Crippen LogP contribution in [0.5, 0.6) is 5.75 Å². The zero-order valence-corrected chi connectivity index (χ0v) is 15.0. The minimum absolute atomic E-state index is 0.0113. The predicted molar refractivity (Wildman–Crippen MR) is 98.9 cm³/mol. The van der Waals surface area contributed by atoms with Gasteiger partial charge < -0.3 is 10.1 Å². The van der Waals surface area contributed by atoms with Crippen molar-refractivity contribution < 1.29 is 14.3 Å². The van der Waals surface area contributed by atoms with Gasteiger partial charge in [0.15, 0.2) is 5.78 Å². The lowest BCUT2D eigenvalue weighted by Crippen LogP contribution is -2.27. The lowest BCUT2D eigenvalue weighted by molar-refractivity contribution is -0.121. The van der Waals surface area contributed by atoms with Gasteiger partial charge in [0.1, 0.15) is 5.75 Å². The number of ether oxygens (including phenoxy) is 1. The molecule has 0 aliphatic carbocycles. The van der Waals surface area contributed by atoms with Crippen molar-refractivity contribution in [2.24, 2.45) is 0 Å². The molecule has 4 nitrogen and oxygen atoms in total. The van der Waals surface area contributed by atoms with E-state index in [-0.39, 0.29) is 30.6 Å². The van der Waals surface area contributed by atoms with E-state index in [1.165, 1.54) is 5.56 Å². The summed E-state index contributed by atoms with van der Waals surface area (Å²) in [6, 6.07) is 15.0. The maximum Gasteiger partial charge on any atom is 0.220 e. The van der Waals surface area contributed by atoms with Crippen LogP contribution in [0.1, 0.15) is 54.2 Å². The number of rotatable bonds is 8. The van der Waals surface area contributed by atoms with Crippen molar-refractivity contribution in [1.29, 1.82) is 0 Å². The van der Waals surface area contributed by atoms with Crippen molar-refractivity contribution in [1.82, 2.24) is 5.32 Å². The zero-order chi connectivity index (χ0) is 18.2. The molecule has 132 valence electrons. The third-order valence-electron chi connectivity index (χ3n) is 4.25. The van der Waals surface area contributed by atoms with Gasteiger partial charge in [-0.3, -0.25) is 9.59 Å². The normalized spacial score (nSPS) is 11.6. The Morgan fingerprint density at radius 3 is 2.36 bits per heavy atom. The molecule has 0 heterocycles. The number of carbonyl (C=O) groups excluding carboxylic acids is 2. The van der Waals surface area contributed by atoms with Gasteiger partial charge in [-0.05, 0) is 25.0 Å². The Hall–Kier alpha value is -2.62. The van der Waals surface area contributed by atoms with Gasteiger partial charge in [-0.1, -0.05) is 49.4 Å². The summed E-state index contributed by atoms with van der Waals surface area (Å²) < 4.78 is 5.32. The maximum absolute atomic E-state index is 12.2. The Morgan fingerprint density at radius 1 is 1.04 bits per heavy atom. The molecule has 2 aromatic carbocycles. The van der Waals surface area contributed by atoms with E-state index in [0.717, 1.165) is 17.7 Å². The number of amides is 1. The first-order chi connectivity index (χ1) is 12.0. The van der Waals surface area contributed by atoms with Crippen molar-refractivity contribution in [3.63, 3.8) is 0 Å². The molecular formula is C21H25NO3. The minimum Gasteiger partial charge on any atom is -0.496 e. The van der Waals surface area contributed by atoms with Crippen molar-refractivity contribution in [2.75, 3.05) is 7.11 Å². The van der Waals surface area contributed by atoms with Crippen LogP contribution in [-0.4, -0.2) is 18.8 Å². The smallest absolute Gasteiger partial charge is 0.220 e. The molecule has 0 aliphatic heterocycles. The molecule has 0 fully saturated rings. The molecule has 4 heteroatoms. The molecule has 1 unspecified atom stereocenters. The van der Waals surface area contributed by atoms with Crippen LogP contribution in [0.3, 0.4) is 0 Å². The molecule has 0 aromatic heterocycles. The highest BCUT2D eigenvalue weighted by Gasteiger charge is 2.15. The highest BCUT2D eigenvalue weighted by atomic mass is 16.5. The van der Waals surface area contributed by atoms with Crippen molar-refractivity contribution in [3.8, 4) is 5.75 Å². The molecule has 1 N–H and O–H groups in total. The van der Waals surface area contributed by atoms with Crippen molar-refractivity contribution >= 4 is 11.7 Å². The van der Waals surface area contributed by atoms with Crippen LogP contribution in [0, 0.1) is 0 Å². The number of nitrogens with one attached hydrogen (secondary N) is 1. The van der Waals surface area contributed by atoms with Gasteiger partial charge in [-0.15, -0.1) is 0 Å². The molecule has 2 rings (SSSR count). The first kappa shape index (κ1) is 18.7. The standard InChI is InChI=1S/C21H25NO3/c1-4-16-9-11-17(12-10-16)19(23)13-14-21(24)22-15(2)18-7-5-6-8-20(18)25-3/h5-12,15H,4,13-14H2,1-3H3,(H,22,24). The topological polar surface area (TPSA) is 55.4 Å². The molecule has 0 saturated carbocycles. The van der Waals surface area contributed by atoms with E-state index in [0.29, 0.717) is 5.56 Å². The Labute approximate surface area is 149 Å². The zero-order valence-electron chi connectivity index (χ0n) is 15.0. The molecule has 1 atom stereocenters.